The van der Waals surface area contributed by atoms with Crippen molar-refractivity contribution < 1.29 is 5.11 Å². The number of pyridine rings is 1. The third-order valence-electron chi connectivity index (χ3n) is 5.37. The summed E-state index contributed by atoms with van der Waals surface area (Å²) in [4.78, 5) is 6.58. The molecule has 1 saturated heterocycles. The lowest BCUT2D eigenvalue weighted by atomic mass is 9.62. The molecule has 2 aliphatic rings. The largest absolute Gasteiger partial charge is 0.384 e. The molecule has 116 valence electrons. The van der Waals surface area contributed by atoms with Gasteiger partial charge in [-0.05, 0) is 51.3 Å². The van der Waals surface area contributed by atoms with Crippen LogP contribution < -0.4 is 0 Å². The number of likely N-dealkylation sites (tertiary alicyclic amines) is 1. The molecule has 4 heteroatoms. The Morgan fingerprint density at radius 1 is 1.29 bits per heavy atom. The maximum atomic E-state index is 11.5. The summed E-state index contributed by atoms with van der Waals surface area (Å²) < 4.78 is 0. The fourth-order valence-corrected chi connectivity index (χ4v) is 4.30. The Morgan fingerprint density at radius 3 is 2.43 bits per heavy atom. The van der Waals surface area contributed by atoms with Crippen molar-refractivity contribution in [1.29, 1.82) is 0 Å². The minimum Gasteiger partial charge on any atom is -0.384 e. The summed E-state index contributed by atoms with van der Waals surface area (Å²) >= 11 is 6.05. The summed E-state index contributed by atoms with van der Waals surface area (Å²) in [6.07, 6.45) is 5.09. The molecule has 2 bridgehead atoms. The summed E-state index contributed by atoms with van der Waals surface area (Å²) in [5.41, 5.74) is 0.364. The molecule has 1 aliphatic carbocycles. The monoisotopic (exact) mass is 308 g/mol. The van der Waals surface area contributed by atoms with Crippen molar-refractivity contribution in [3.05, 3.63) is 29.0 Å². The van der Waals surface area contributed by atoms with E-state index in [0.717, 1.165) is 31.5 Å². The summed E-state index contributed by atoms with van der Waals surface area (Å²) in [6.45, 7) is 8.69. The van der Waals surface area contributed by atoms with E-state index in [2.05, 4.69) is 30.7 Å². The second-order valence-corrected chi connectivity index (χ2v) is 7.98. The van der Waals surface area contributed by atoms with Gasteiger partial charge in [0.15, 0.2) is 0 Å². The second kappa shape index (κ2) is 5.22. The molecule has 21 heavy (non-hydrogen) atoms. The van der Waals surface area contributed by atoms with Crippen LogP contribution in [0.2, 0.25) is 5.15 Å². The van der Waals surface area contributed by atoms with Gasteiger partial charge in [0.25, 0.3) is 0 Å². The van der Waals surface area contributed by atoms with Gasteiger partial charge in [0.05, 0.1) is 5.60 Å². The van der Waals surface area contributed by atoms with Crippen molar-refractivity contribution in [3.63, 3.8) is 0 Å². The average Bonchev–Trinajstić information content (AvgIpc) is 2.36. The molecule has 3 rings (SSSR count). The number of rotatable bonds is 1. The van der Waals surface area contributed by atoms with E-state index in [1.54, 1.807) is 6.20 Å². The second-order valence-electron chi connectivity index (χ2n) is 7.59. The van der Waals surface area contributed by atoms with Crippen molar-refractivity contribution in [3.8, 4) is 0 Å². The van der Waals surface area contributed by atoms with E-state index in [1.165, 1.54) is 6.42 Å². The summed E-state index contributed by atoms with van der Waals surface area (Å²) in [7, 11) is 0. The first-order valence-corrected chi connectivity index (χ1v) is 8.29. The molecule has 1 aliphatic heterocycles. The van der Waals surface area contributed by atoms with E-state index in [1.807, 2.05) is 12.1 Å². The predicted octanol–water partition coefficient (Wildman–Crippen LogP) is 3.45. The molecule has 0 amide bonds. The van der Waals surface area contributed by atoms with Crippen LogP contribution in [0.15, 0.2) is 18.3 Å². The number of hydrogen-bond acceptors (Lipinski definition) is 3. The van der Waals surface area contributed by atoms with Crippen molar-refractivity contribution >= 4 is 11.6 Å². The lowest BCUT2D eigenvalue weighted by Crippen LogP contribution is -2.61. The molecule has 0 spiro atoms. The quantitative estimate of drug-likeness (QED) is 0.807. The summed E-state index contributed by atoms with van der Waals surface area (Å²) in [6, 6.07) is 3.78. The Kier molecular flexibility index (Phi) is 3.79. The number of nitrogens with zero attached hydrogens (tertiary/aromatic N) is 2. The van der Waals surface area contributed by atoms with E-state index in [9.17, 15) is 5.11 Å². The Morgan fingerprint density at radius 2 is 1.90 bits per heavy atom. The van der Waals surface area contributed by atoms with Gasteiger partial charge in [-0.25, -0.2) is 4.98 Å². The molecule has 1 aromatic heterocycles. The SMILES string of the molecule is CC(C)(C)N1C[C@H]2CCC[C@@H](C1)[C@]2(O)c1ccnc(Cl)c1. The van der Waals surface area contributed by atoms with Crippen LogP contribution in [0, 0.1) is 11.8 Å². The normalized spacial score (nSPS) is 34.0. The number of hydrogen-bond donors (Lipinski definition) is 1. The molecule has 2 heterocycles. The predicted molar refractivity (Wildman–Crippen MR) is 85.3 cm³/mol. The van der Waals surface area contributed by atoms with Crippen LogP contribution in [0.1, 0.15) is 45.6 Å². The Hall–Kier alpha value is -0.640. The van der Waals surface area contributed by atoms with Gasteiger partial charge in [-0.2, -0.15) is 0 Å². The van der Waals surface area contributed by atoms with Gasteiger partial charge in [-0.15, -0.1) is 0 Å². The fourth-order valence-electron chi connectivity index (χ4n) is 4.12. The number of piperidine rings is 1. The molecule has 0 radical (unpaired) electrons. The van der Waals surface area contributed by atoms with Crippen LogP contribution in [0.5, 0.6) is 0 Å². The van der Waals surface area contributed by atoms with Crippen LogP contribution in [0.3, 0.4) is 0 Å². The zero-order valence-corrected chi connectivity index (χ0v) is 13.9. The molecule has 3 atom stereocenters. The topological polar surface area (TPSA) is 36.4 Å². The Balaban J connectivity index is 1.97. The van der Waals surface area contributed by atoms with Crippen molar-refractivity contribution in [2.24, 2.45) is 11.8 Å². The van der Waals surface area contributed by atoms with Gasteiger partial charge in [-0.1, -0.05) is 18.0 Å². The highest BCUT2D eigenvalue weighted by Crippen LogP contribution is 2.50. The van der Waals surface area contributed by atoms with Crippen molar-refractivity contribution in [1.82, 2.24) is 9.88 Å². The van der Waals surface area contributed by atoms with E-state index in [0.29, 0.717) is 5.15 Å². The molecule has 1 saturated carbocycles. The number of aliphatic hydroxyl groups is 1. The first-order valence-electron chi connectivity index (χ1n) is 7.91. The van der Waals surface area contributed by atoms with E-state index >= 15 is 0 Å². The molecule has 1 aromatic rings. The molecular formula is C17H25ClN2O. The Bertz CT molecular complexity index is 512. The van der Waals surface area contributed by atoms with Crippen molar-refractivity contribution in [2.75, 3.05) is 13.1 Å². The third-order valence-corrected chi connectivity index (χ3v) is 5.58. The number of aromatic nitrogens is 1. The molecule has 0 aromatic carbocycles. The highest BCUT2D eigenvalue weighted by molar-refractivity contribution is 6.29. The van der Waals surface area contributed by atoms with Crippen LogP contribution in [0.25, 0.3) is 0 Å². The zero-order valence-electron chi connectivity index (χ0n) is 13.1. The minimum absolute atomic E-state index is 0.158. The Labute approximate surface area is 132 Å². The van der Waals surface area contributed by atoms with Gasteiger partial charge < -0.3 is 5.11 Å². The van der Waals surface area contributed by atoms with Gasteiger partial charge in [-0.3, -0.25) is 4.90 Å². The number of fused-ring (bicyclic) bond motifs is 2. The van der Waals surface area contributed by atoms with Crippen LogP contribution in [0.4, 0.5) is 0 Å². The molecule has 1 N–H and O–H groups in total. The standard InChI is InChI=1S/C17H25ClN2O/c1-16(2,3)20-10-13-5-4-6-14(11-20)17(13,21)12-7-8-19-15(18)9-12/h7-9,13-14,21H,4-6,10-11H2,1-3H3/t13-,14+,17+. The van der Waals surface area contributed by atoms with Gasteiger partial charge in [0, 0.05) is 36.7 Å². The first kappa shape index (κ1) is 15.3. The van der Waals surface area contributed by atoms with Crippen LogP contribution >= 0.6 is 11.6 Å². The van der Waals surface area contributed by atoms with Gasteiger partial charge in [0.2, 0.25) is 0 Å². The summed E-state index contributed by atoms with van der Waals surface area (Å²) in [5, 5.41) is 12.0. The summed E-state index contributed by atoms with van der Waals surface area (Å²) in [5.74, 6) is 0.561. The average molecular weight is 309 g/mol. The molecule has 2 fully saturated rings. The lowest BCUT2D eigenvalue weighted by molar-refractivity contribution is -0.160. The van der Waals surface area contributed by atoms with E-state index in [4.69, 9.17) is 11.6 Å². The molecule has 0 unspecified atom stereocenters. The molecule has 3 nitrogen and oxygen atoms in total. The van der Waals surface area contributed by atoms with Gasteiger partial charge in [0.1, 0.15) is 5.15 Å². The van der Waals surface area contributed by atoms with E-state index in [-0.39, 0.29) is 17.4 Å². The molecular weight excluding hydrogens is 284 g/mol. The zero-order chi connectivity index (χ0) is 15.3. The van der Waals surface area contributed by atoms with Gasteiger partial charge >= 0.3 is 0 Å². The third kappa shape index (κ3) is 2.60. The first-order chi connectivity index (χ1) is 9.81. The lowest BCUT2D eigenvalue weighted by Gasteiger charge is -2.56. The van der Waals surface area contributed by atoms with Crippen molar-refractivity contribution in [2.45, 2.75) is 51.2 Å². The van der Waals surface area contributed by atoms with Crippen LogP contribution in [-0.4, -0.2) is 33.6 Å². The van der Waals surface area contributed by atoms with Crippen LogP contribution in [-0.2, 0) is 5.60 Å². The minimum atomic E-state index is -0.743. The maximum Gasteiger partial charge on any atom is 0.129 e. The number of halogens is 1. The smallest absolute Gasteiger partial charge is 0.129 e. The maximum absolute atomic E-state index is 11.5. The highest BCUT2D eigenvalue weighted by atomic mass is 35.5. The van der Waals surface area contributed by atoms with E-state index < -0.39 is 5.60 Å². The highest BCUT2D eigenvalue weighted by Gasteiger charge is 2.52. The fraction of sp³-hybridized carbons (Fsp3) is 0.706.